The van der Waals surface area contributed by atoms with Gasteiger partial charge in [0.1, 0.15) is 0 Å². The van der Waals surface area contributed by atoms with Crippen molar-refractivity contribution < 1.29 is 17.6 Å². The van der Waals surface area contributed by atoms with Gasteiger partial charge in [-0.1, -0.05) is 0 Å². The standard InChI is InChI=1S/C7H8N2O5S2/c1-15(12)8-16(13,14)7-4-2-6(3-5-7)9(10)11/h2-5,15H,1H3. The van der Waals surface area contributed by atoms with Gasteiger partial charge in [0.05, 0.1) is 9.82 Å². The van der Waals surface area contributed by atoms with Gasteiger partial charge in [0.15, 0.2) is 0 Å². The Morgan fingerprint density at radius 1 is 1.31 bits per heavy atom. The largest absolute Gasteiger partial charge is 0.289 e. The number of hydrogen-bond donors (Lipinski definition) is 1. The Balaban J connectivity index is 3.22. The van der Waals surface area contributed by atoms with E-state index in [4.69, 9.17) is 0 Å². The van der Waals surface area contributed by atoms with Crippen molar-refractivity contribution in [1.29, 1.82) is 0 Å². The third-order valence-electron chi connectivity index (χ3n) is 1.57. The van der Waals surface area contributed by atoms with E-state index in [1.54, 1.807) is 0 Å². The second kappa shape index (κ2) is 4.58. The molecule has 0 bridgehead atoms. The minimum atomic E-state index is -3.98. The molecule has 1 unspecified atom stereocenters. The van der Waals surface area contributed by atoms with E-state index in [9.17, 15) is 22.7 Å². The highest BCUT2D eigenvalue weighted by Gasteiger charge is 2.14. The number of rotatable bonds is 3. The molecule has 0 N–H and O–H groups in total. The van der Waals surface area contributed by atoms with Crippen molar-refractivity contribution in [2.24, 2.45) is 3.77 Å². The van der Waals surface area contributed by atoms with E-state index in [2.05, 4.69) is 3.77 Å². The quantitative estimate of drug-likeness (QED) is 0.488. The summed E-state index contributed by atoms with van der Waals surface area (Å²) >= 11 is 0. The molecule has 0 aromatic heterocycles. The molecule has 0 heterocycles. The molecule has 1 aromatic rings. The molecular weight excluding hydrogens is 256 g/mol. The highest BCUT2D eigenvalue weighted by Crippen LogP contribution is 2.17. The summed E-state index contributed by atoms with van der Waals surface area (Å²) in [6.07, 6.45) is 1.15. The first-order valence-electron chi connectivity index (χ1n) is 3.96. The smallest absolute Gasteiger partial charge is 0.258 e. The molecular formula is C7H8N2O5S2. The number of thiol groups is 1. The van der Waals surface area contributed by atoms with E-state index in [0.717, 1.165) is 30.5 Å². The minimum absolute atomic E-state index is 0.219. The van der Waals surface area contributed by atoms with E-state index in [1.165, 1.54) is 0 Å². The predicted octanol–water partition coefficient (Wildman–Crippen LogP) is 0.578. The maximum absolute atomic E-state index is 11.4. The monoisotopic (exact) mass is 264 g/mol. The third kappa shape index (κ3) is 3.00. The lowest BCUT2D eigenvalue weighted by molar-refractivity contribution is -0.384. The summed E-state index contributed by atoms with van der Waals surface area (Å²) in [5.74, 6) is 0. The lowest BCUT2D eigenvalue weighted by atomic mass is 10.3. The van der Waals surface area contributed by atoms with Crippen LogP contribution in [-0.2, 0) is 20.6 Å². The molecule has 0 aliphatic rings. The summed E-state index contributed by atoms with van der Waals surface area (Å²) in [5.41, 5.74) is -0.222. The minimum Gasteiger partial charge on any atom is -0.258 e. The van der Waals surface area contributed by atoms with Crippen LogP contribution in [0.25, 0.3) is 0 Å². The van der Waals surface area contributed by atoms with Crippen molar-refractivity contribution in [2.45, 2.75) is 4.90 Å². The van der Waals surface area contributed by atoms with Crippen LogP contribution in [0.2, 0.25) is 0 Å². The number of sulfonamides is 1. The number of nitrogens with zero attached hydrogens (tertiary/aromatic N) is 2. The van der Waals surface area contributed by atoms with Crippen molar-refractivity contribution in [3.63, 3.8) is 0 Å². The molecule has 1 rings (SSSR count). The molecule has 0 radical (unpaired) electrons. The molecule has 0 saturated heterocycles. The normalized spacial score (nSPS) is 13.6. The fourth-order valence-electron chi connectivity index (χ4n) is 0.938. The Hall–Kier alpha value is -1.48. The fraction of sp³-hybridized carbons (Fsp3) is 0.143. The zero-order valence-corrected chi connectivity index (χ0v) is 9.81. The Kier molecular flexibility index (Phi) is 3.60. The van der Waals surface area contributed by atoms with Crippen LogP contribution >= 0.6 is 0 Å². The molecule has 0 saturated carbocycles. The first kappa shape index (κ1) is 12.6. The highest BCUT2D eigenvalue weighted by molar-refractivity contribution is 7.96. The fourth-order valence-corrected chi connectivity index (χ4v) is 3.01. The van der Waals surface area contributed by atoms with Crippen molar-refractivity contribution in [2.75, 3.05) is 6.26 Å². The van der Waals surface area contributed by atoms with Crippen molar-refractivity contribution >= 4 is 26.3 Å². The summed E-state index contributed by atoms with van der Waals surface area (Å²) in [4.78, 5) is 9.46. The molecule has 9 heteroatoms. The van der Waals surface area contributed by atoms with Gasteiger partial charge in [-0.15, -0.1) is 3.77 Å². The van der Waals surface area contributed by atoms with Gasteiger partial charge in [0, 0.05) is 29.0 Å². The number of hydrogen-bond acceptors (Lipinski definition) is 5. The Labute approximate surface area is 93.5 Å². The van der Waals surface area contributed by atoms with Gasteiger partial charge in [0.25, 0.3) is 15.7 Å². The lowest BCUT2D eigenvalue weighted by Crippen LogP contribution is -1.97. The molecule has 0 aliphatic carbocycles. The number of benzene rings is 1. The number of nitro groups is 1. The molecule has 1 atom stereocenters. The van der Waals surface area contributed by atoms with Crippen LogP contribution in [0.3, 0.4) is 0 Å². The van der Waals surface area contributed by atoms with E-state index in [1.807, 2.05) is 0 Å². The van der Waals surface area contributed by atoms with Gasteiger partial charge < -0.3 is 0 Å². The van der Waals surface area contributed by atoms with Crippen LogP contribution in [0.15, 0.2) is 32.9 Å². The molecule has 0 aliphatic heterocycles. The first-order chi connectivity index (χ1) is 7.33. The lowest BCUT2D eigenvalue weighted by Gasteiger charge is -1.96. The van der Waals surface area contributed by atoms with Crippen LogP contribution in [0.4, 0.5) is 5.69 Å². The van der Waals surface area contributed by atoms with Gasteiger partial charge in [-0.05, 0) is 12.1 Å². The van der Waals surface area contributed by atoms with E-state index in [0.29, 0.717) is 0 Å². The van der Waals surface area contributed by atoms with Gasteiger partial charge in [0.2, 0.25) is 0 Å². The second-order valence-corrected chi connectivity index (χ2v) is 5.78. The number of non-ortho nitro benzene ring substituents is 1. The zero-order chi connectivity index (χ0) is 12.3. The first-order valence-corrected chi connectivity index (χ1v) is 7.06. The summed E-state index contributed by atoms with van der Waals surface area (Å²) in [7, 11) is -6.16. The maximum Gasteiger partial charge on any atom is 0.289 e. The van der Waals surface area contributed by atoms with Crippen LogP contribution in [0.1, 0.15) is 0 Å². The van der Waals surface area contributed by atoms with Gasteiger partial charge >= 0.3 is 0 Å². The Morgan fingerprint density at radius 3 is 2.19 bits per heavy atom. The molecule has 1 aromatic carbocycles. The van der Waals surface area contributed by atoms with Gasteiger partial charge in [-0.25, -0.2) is 0 Å². The summed E-state index contributed by atoms with van der Waals surface area (Å²) < 4.78 is 36.6. The molecule has 0 spiro atoms. The average Bonchev–Trinajstić information content (AvgIpc) is 2.16. The predicted molar refractivity (Wildman–Crippen MR) is 58.2 cm³/mol. The van der Waals surface area contributed by atoms with Crippen LogP contribution in [0.5, 0.6) is 0 Å². The SMILES string of the molecule is C/[SH](=O)=N/S(=O)(=O)c1ccc([N+](=O)[O-])cc1. The number of nitro benzene ring substituents is 1. The Bertz CT molecular complexity index is 584. The van der Waals surface area contributed by atoms with Crippen molar-refractivity contribution in [3.8, 4) is 0 Å². The van der Waals surface area contributed by atoms with Crippen LogP contribution in [0, 0.1) is 10.1 Å². The van der Waals surface area contributed by atoms with Crippen molar-refractivity contribution in [3.05, 3.63) is 34.4 Å². The molecule has 0 amide bonds. The third-order valence-corrected chi connectivity index (χ3v) is 4.22. The Morgan fingerprint density at radius 2 is 1.81 bits per heavy atom. The molecule has 16 heavy (non-hydrogen) atoms. The summed E-state index contributed by atoms with van der Waals surface area (Å²) in [6, 6.07) is 4.20. The topological polar surface area (TPSA) is 107 Å². The zero-order valence-electron chi connectivity index (χ0n) is 8.10. The van der Waals surface area contributed by atoms with E-state index >= 15 is 0 Å². The second-order valence-electron chi connectivity index (χ2n) is 2.77. The van der Waals surface area contributed by atoms with Gasteiger partial charge in [-0.2, -0.15) is 8.42 Å². The maximum atomic E-state index is 11.4. The summed E-state index contributed by atoms with van der Waals surface area (Å²) in [6.45, 7) is 0. The van der Waals surface area contributed by atoms with Crippen LogP contribution in [-0.4, -0.2) is 23.8 Å². The van der Waals surface area contributed by atoms with Crippen LogP contribution < -0.4 is 0 Å². The van der Waals surface area contributed by atoms with E-state index < -0.39 is 25.5 Å². The average molecular weight is 264 g/mol. The molecule has 0 fully saturated rings. The van der Waals surface area contributed by atoms with Crippen molar-refractivity contribution in [1.82, 2.24) is 0 Å². The molecule has 88 valence electrons. The van der Waals surface area contributed by atoms with E-state index in [-0.39, 0.29) is 10.6 Å². The van der Waals surface area contributed by atoms with Gasteiger partial charge in [-0.3, -0.25) is 14.3 Å². The molecule has 7 nitrogen and oxygen atoms in total. The highest BCUT2D eigenvalue weighted by atomic mass is 32.3. The summed E-state index contributed by atoms with van der Waals surface area (Å²) in [5, 5.41) is 10.3.